The van der Waals surface area contributed by atoms with Gasteiger partial charge in [-0.25, -0.2) is 4.98 Å². The van der Waals surface area contributed by atoms with Gasteiger partial charge in [-0.05, 0) is 43.8 Å². The van der Waals surface area contributed by atoms with Crippen LogP contribution in [0.15, 0.2) is 23.3 Å². The summed E-state index contributed by atoms with van der Waals surface area (Å²) in [7, 11) is 6.00. The van der Waals surface area contributed by atoms with Crippen molar-refractivity contribution in [1.82, 2.24) is 9.88 Å². The number of likely N-dealkylation sites (N-methyl/N-ethyl adjacent to an activating group) is 2. The summed E-state index contributed by atoms with van der Waals surface area (Å²) in [5.41, 5.74) is 11.6. The molecule has 30 heavy (non-hydrogen) atoms. The lowest BCUT2D eigenvalue weighted by molar-refractivity contribution is -0.116. The Hall–Kier alpha value is -3.26. The Morgan fingerprint density at radius 2 is 2.00 bits per heavy atom. The van der Waals surface area contributed by atoms with E-state index in [1.54, 1.807) is 6.20 Å². The van der Waals surface area contributed by atoms with E-state index in [9.17, 15) is 9.59 Å². The number of aryl methyl sites for hydroxylation is 1. The number of aromatic nitrogens is 1. The molecule has 1 aromatic carbocycles. The molecule has 3 heterocycles. The van der Waals surface area contributed by atoms with Gasteiger partial charge in [0.15, 0.2) is 0 Å². The molecular weight excluding hydrogens is 380 g/mol. The van der Waals surface area contributed by atoms with Crippen LogP contribution >= 0.6 is 0 Å². The summed E-state index contributed by atoms with van der Waals surface area (Å²) in [5.74, 6) is 0.164. The number of rotatable bonds is 6. The summed E-state index contributed by atoms with van der Waals surface area (Å²) in [6.07, 6.45) is 5.25. The van der Waals surface area contributed by atoms with Gasteiger partial charge < -0.3 is 20.9 Å². The maximum Gasteiger partial charge on any atom is 0.251 e. The van der Waals surface area contributed by atoms with Gasteiger partial charge in [0.05, 0.1) is 16.9 Å². The maximum atomic E-state index is 12.4. The third-order valence-corrected chi connectivity index (χ3v) is 5.59. The number of primary amides is 1. The Balaban J connectivity index is 1.83. The Morgan fingerprint density at radius 3 is 2.73 bits per heavy atom. The minimum atomic E-state index is -0.443. The number of fused-ring (bicyclic) bond motifs is 2. The highest BCUT2D eigenvalue weighted by atomic mass is 16.2. The average Bonchev–Trinajstić information content (AvgIpc) is 3.19. The van der Waals surface area contributed by atoms with Crippen molar-refractivity contribution < 1.29 is 9.59 Å². The third-order valence-electron chi connectivity index (χ3n) is 5.59. The smallest absolute Gasteiger partial charge is 0.251 e. The highest BCUT2D eigenvalue weighted by Gasteiger charge is 2.26. The minimum Gasteiger partial charge on any atom is -0.373 e. The molecule has 0 bridgehead atoms. The van der Waals surface area contributed by atoms with Crippen LogP contribution in [0.5, 0.6) is 0 Å². The minimum absolute atomic E-state index is 0.0103. The number of nitrogens with two attached hydrogens (primary N) is 1. The average molecular weight is 406 g/mol. The molecule has 2 aliphatic rings. The molecular formula is C22H26N6O2. The zero-order chi connectivity index (χ0) is 21.4. The van der Waals surface area contributed by atoms with Crippen molar-refractivity contribution in [2.24, 2.45) is 10.7 Å². The van der Waals surface area contributed by atoms with Crippen LogP contribution in [-0.4, -0.2) is 62.1 Å². The van der Waals surface area contributed by atoms with Gasteiger partial charge in [-0.15, -0.1) is 0 Å². The first-order chi connectivity index (χ1) is 14.3. The van der Waals surface area contributed by atoms with E-state index in [-0.39, 0.29) is 5.91 Å². The van der Waals surface area contributed by atoms with Gasteiger partial charge in [-0.2, -0.15) is 0 Å². The van der Waals surface area contributed by atoms with Crippen LogP contribution in [0.25, 0.3) is 11.1 Å². The monoisotopic (exact) mass is 406 g/mol. The Bertz CT molecular complexity index is 1060. The summed E-state index contributed by atoms with van der Waals surface area (Å²) < 4.78 is 0. The molecule has 0 radical (unpaired) electrons. The van der Waals surface area contributed by atoms with Crippen molar-refractivity contribution in [3.63, 3.8) is 0 Å². The standard InChI is InChI=1S/C22H26N6O2/c1-27(2)8-9-28(3)17-11-16(20-15(6-7-24-20)19(17)21(23)30)14-10-13-4-5-18(29)26-22(13)25-12-14/h7,10-12H,4-6,8-9H2,1-3H3,(H2,23,30)(H,25,26,29). The lowest BCUT2D eigenvalue weighted by Crippen LogP contribution is -2.30. The van der Waals surface area contributed by atoms with Gasteiger partial charge in [0, 0.05) is 56.5 Å². The lowest BCUT2D eigenvalue weighted by Gasteiger charge is -2.26. The molecule has 0 aliphatic carbocycles. The van der Waals surface area contributed by atoms with Crippen molar-refractivity contribution in [1.29, 1.82) is 0 Å². The predicted octanol–water partition coefficient (Wildman–Crippen LogP) is 1.99. The first-order valence-corrected chi connectivity index (χ1v) is 10.0. The van der Waals surface area contributed by atoms with Crippen LogP contribution in [0.3, 0.4) is 0 Å². The molecule has 1 aromatic heterocycles. The summed E-state index contributed by atoms with van der Waals surface area (Å²) in [4.78, 5) is 37.2. The number of amides is 2. The van der Waals surface area contributed by atoms with Crippen molar-refractivity contribution >= 4 is 35.2 Å². The van der Waals surface area contributed by atoms with Crippen LogP contribution in [0.2, 0.25) is 0 Å². The number of hydrogen-bond acceptors (Lipinski definition) is 6. The fraction of sp³-hybridized carbons (Fsp3) is 0.364. The number of anilines is 2. The molecule has 8 nitrogen and oxygen atoms in total. The number of carbonyl (C=O) groups excluding carboxylic acids is 2. The molecule has 0 fully saturated rings. The molecule has 0 atom stereocenters. The molecule has 0 saturated heterocycles. The predicted molar refractivity (Wildman–Crippen MR) is 119 cm³/mol. The van der Waals surface area contributed by atoms with Crippen LogP contribution in [0, 0.1) is 0 Å². The van der Waals surface area contributed by atoms with E-state index in [2.05, 4.69) is 31.2 Å². The molecule has 0 spiro atoms. The highest BCUT2D eigenvalue weighted by Crippen LogP contribution is 2.43. The van der Waals surface area contributed by atoms with Crippen molar-refractivity contribution in [2.45, 2.75) is 19.3 Å². The second-order valence-electron chi connectivity index (χ2n) is 8.03. The quantitative estimate of drug-likeness (QED) is 0.764. The van der Waals surface area contributed by atoms with Gasteiger partial charge in [0.25, 0.3) is 5.91 Å². The summed E-state index contributed by atoms with van der Waals surface area (Å²) in [5, 5.41) is 2.82. The summed E-state index contributed by atoms with van der Waals surface area (Å²) in [6.45, 7) is 1.60. The number of carbonyl (C=O) groups is 2. The fourth-order valence-electron chi connectivity index (χ4n) is 3.96. The zero-order valence-electron chi connectivity index (χ0n) is 17.5. The number of pyridine rings is 1. The summed E-state index contributed by atoms with van der Waals surface area (Å²) >= 11 is 0. The second kappa shape index (κ2) is 7.87. The van der Waals surface area contributed by atoms with Gasteiger partial charge in [0.2, 0.25) is 5.91 Å². The van der Waals surface area contributed by atoms with Crippen LogP contribution in [-0.2, 0) is 17.6 Å². The van der Waals surface area contributed by atoms with Crippen molar-refractivity contribution in [2.75, 3.05) is 44.4 Å². The zero-order valence-corrected chi connectivity index (χ0v) is 17.5. The van der Waals surface area contributed by atoms with E-state index in [1.165, 1.54) is 0 Å². The Kier molecular flexibility index (Phi) is 5.26. The molecule has 156 valence electrons. The number of aliphatic imine (C=N–C) groups is 1. The molecule has 3 N–H and O–H groups in total. The molecule has 4 rings (SSSR count). The van der Waals surface area contributed by atoms with Crippen molar-refractivity contribution in [3.05, 3.63) is 35.0 Å². The molecule has 0 saturated carbocycles. The summed E-state index contributed by atoms with van der Waals surface area (Å²) in [6, 6.07) is 4.04. The molecule has 2 amide bonds. The highest BCUT2D eigenvalue weighted by molar-refractivity contribution is 6.06. The van der Waals surface area contributed by atoms with E-state index in [1.807, 2.05) is 33.4 Å². The molecule has 2 aromatic rings. The van der Waals surface area contributed by atoms with E-state index in [0.29, 0.717) is 30.6 Å². The number of hydrogen-bond donors (Lipinski definition) is 2. The van der Waals surface area contributed by atoms with Crippen LogP contribution in [0.1, 0.15) is 27.9 Å². The number of benzene rings is 1. The Labute approximate surface area is 175 Å². The first kappa shape index (κ1) is 20.0. The van der Waals surface area contributed by atoms with Gasteiger partial charge in [-0.3, -0.25) is 14.6 Å². The largest absolute Gasteiger partial charge is 0.373 e. The van der Waals surface area contributed by atoms with Gasteiger partial charge in [0.1, 0.15) is 5.82 Å². The van der Waals surface area contributed by atoms with Crippen LogP contribution in [0.4, 0.5) is 17.2 Å². The van der Waals surface area contributed by atoms with E-state index in [4.69, 9.17) is 5.73 Å². The topological polar surface area (TPSA) is 104 Å². The molecule has 2 aliphatic heterocycles. The van der Waals surface area contributed by atoms with E-state index in [0.717, 1.165) is 46.7 Å². The van der Waals surface area contributed by atoms with Crippen molar-refractivity contribution in [3.8, 4) is 11.1 Å². The lowest BCUT2D eigenvalue weighted by atomic mass is 9.93. The van der Waals surface area contributed by atoms with Gasteiger partial charge in [-0.1, -0.05) is 0 Å². The third kappa shape index (κ3) is 3.66. The number of nitrogens with one attached hydrogen (secondary N) is 1. The Morgan fingerprint density at radius 1 is 1.20 bits per heavy atom. The molecule has 0 unspecified atom stereocenters. The van der Waals surface area contributed by atoms with E-state index < -0.39 is 5.91 Å². The fourth-order valence-corrected chi connectivity index (χ4v) is 3.96. The molecule has 8 heteroatoms. The maximum absolute atomic E-state index is 12.4. The second-order valence-corrected chi connectivity index (χ2v) is 8.03. The van der Waals surface area contributed by atoms with E-state index >= 15 is 0 Å². The van der Waals surface area contributed by atoms with Crippen LogP contribution < -0.4 is 16.0 Å². The first-order valence-electron chi connectivity index (χ1n) is 10.0. The van der Waals surface area contributed by atoms with Gasteiger partial charge >= 0.3 is 0 Å². The normalized spacial score (nSPS) is 14.5. The number of nitrogens with zero attached hydrogens (tertiary/aromatic N) is 4. The SMILES string of the molecule is CN(C)CCN(C)c1cc(-c2cnc3c(c2)CCC(=O)N3)c2c(c1C(N)=O)CC=N2.